The third-order valence-electron chi connectivity index (χ3n) is 5.74. The van der Waals surface area contributed by atoms with Gasteiger partial charge in [-0.15, -0.1) is 0 Å². The van der Waals surface area contributed by atoms with Crippen LogP contribution in [0, 0.1) is 11.7 Å². The minimum atomic E-state index is -0.568. The lowest BCUT2D eigenvalue weighted by Gasteiger charge is -2.25. The normalized spacial score (nSPS) is 14.6. The Hall–Kier alpha value is -2.74. The Kier molecular flexibility index (Phi) is 7.75. The average Bonchev–Trinajstić information content (AvgIpc) is 3.58. The van der Waals surface area contributed by atoms with Gasteiger partial charge in [-0.2, -0.15) is 5.10 Å². The summed E-state index contributed by atoms with van der Waals surface area (Å²) in [4.78, 5) is 2.27. The molecule has 2 aromatic carbocycles. The monoisotopic (exact) mass is 453 g/mol. The molecule has 33 heavy (non-hydrogen) atoms. The Labute approximate surface area is 194 Å². The van der Waals surface area contributed by atoms with Gasteiger partial charge in [0.1, 0.15) is 17.3 Å². The van der Waals surface area contributed by atoms with Crippen LogP contribution in [0.4, 0.5) is 4.39 Å². The minimum absolute atomic E-state index is 0.309. The van der Waals surface area contributed by atoms with Crippen molar-refractivity contribution in [3.05, 3.63) is 66.0 Å². The molecule has 1 aromatic heterocycles. The number of aromatic nitrogens is 2. The van der Waals surface area contributed by atoms with Gasteiger partial charge in [0.2, 0.25) is 5.88 Å². The van der Waals surface area contributed by atoms with Crippen LogP contribution in [0.1, 0.15) is 25.3 Å². The molecule has 176 valence electrons. The molecule has 3 aromatic rings. The summed E-state index contributed by atoms with van der Waals surface area (Å²) >= 11 is 0. The molecule has 1 fully saturated rings. The lowest BCUT2D eigenvalue weighted by molar-refractivity contribution is 0.0186. The first kappa shape index (κ1) is 23.4. The first-order valence-corrected chi connectivity index (χ1v) is 11.6. The van der Waals surface area contributed by atoms with Crippen molar-refractivity contribution in [2.24, 2.45) is 13.0 Å². The number of halogens is 1. The second-order valence-corrected chi connectivity index (χ2v) is 8.63. The summed E-state index contributed by atoms with van der Waals surface area (Å²) in [7, 11) is 1.85. The highest BCUT2D eigenvalue weighted by Crippen LogP contribution is 2.36. The predicted molar refractivity (Wildman–Crippen MR) is 126 cm³/mol. The molecule has 0 spiro atoms. The fourth-order valence-electron chi connectivity index (χ4n) is 3.96. The molecule has 0 bridgehead atoms. The van der Waals surface area contributed by atoms with Crippen molar-refractivity contribution in [2.45, 2.75) is 32.4 Å². The molecule has 0 saturated heterocycles. The van der Waals surface area contributed by atoms with Gasteiger partial charge in [0.25, 0.3) is 0 Å². The SMILES string of the molecule is CCOC[C@H](O)CN(Cc1c(-c2ccccc2)nn(C)c1Oc1ccc(F)cc1)CC1CC1. The Morgan fingerprint density at radius 2 is 1.88 bits per heavy atom. The molecule has 1 aliphatic rings. The molecule has 1 N–H and O–H groups in total. The topological polar surface area (TPSA) is 59.8 Å². The van der Waals surface area contributed by atoms with E-state index in [9.17, 15) is 9.50 Å². The number of hydrogen-bond acceptors (Lipinski definition) is 5. The van der Waals surface area contributed by atoms with Crippen molar-refractivity contribution in [3.63, 3.8) is 0 Å². The summed E-state index contributed by atoms with van der Waals surface area (Å²) in [5.41, 5.74) is 2.78. The Morgan fingerprint density at radius 1 is 1.15 bits per heavy atom. The summed E-state index contributed by atoms with van der Waals surface area (Å²) in [6.07, 6.45) is 1.87. The van der Waals surface area contributed by atoms with Crippen LogP contribution >= 0.6 is 0 Å². The molecule has 1 aliphatic carbocycles. The lowest BCUT2D eigenvalue weighted by atomic mass is 10.1. The molecular formula is C26H32FN3O3. The van der Waals surface area contributed by atoms with Crippen LogP contribution in [0.3, 0.4) is 0 Å². The summed E-state index contributed by atoms with van der Waals surface area (Å²) in [6, 6.07) is 16.0. The largest absolute Gasteiger partial charge is 0.439 e. The fraction of sp³-hybridized carbons (Fsp3) is 0.423. The molecule has 0 aliphatic heterocycles. The van der Waals surface area contributed by atoms with E-state index in [0.29, 0.717) is 43.9 Å². The van der Waals surface area contributed by atoms with Crippen LogP contribution in [-0.2, 0) is 18.3 Å². The molecule has 0 amide bonds. The van der Waals surface area contributed by atoms with Crippen molar-refractivity contribution in [3.8, 4) is 22.9 Å². The van der Waals surface area contributed by atoms with E-state index in [0.717, 1.165) is 23.4 Å². The summed E-state index contributed by atoms with van der Waals surface area (Å²) in [5, 5.41) is 15.3. The van der Waals surface area contributed by atoms with E-state index in [1.54, 1.807) is 16.8 Å². The van der Waals surface area contributed by atoms with Crippen molar-refractivity contribution in [1.82, 2.24) is 14.7 Å². The maximum Gasteiger partial charge on any atom is 0.222 e. The molecule has 0 radical (unpaired) electrons. The number of aliphatic hydroxyl groups excluding tert-OH is 1. The number of nitrogens with zero attached hydrogens (tertiary/aromatic N) is 3. The highest BCUT2D eigenvalue weighted by molar-refractivity contribution is 5.65. The first-order valence-electron chi connectivity index (χ1n) is 11.6. The maximum absolute atomic E-state index is 13.4. The summed E-state index contributed by atoms with van der Waals surface area (Å²) in [5.74, 6) is 1.50. The van der Waals surface area contributed by atoms with Gasteiger partial charge >= 0.3 is 0 Å². The van der Waals surface area contributed by atoms with Gasteiger partial charge in [0.05, 0.1) is 18.3 Å². The molecule has 1 saturated carbocycles. The van der Waals surface area contributed by atoms with Crippen LogP contribution < -0.4 is 4.74 Å². The Bertz CT molecular complexity index is 1020. The molecule has 6 nitrogen and oxygen atoms in total. The Balaban J connectivity index is 1.65. The van der Waals surface area contributed by atoms with Gasteiger partial charge in [0, 0.05) is 38.9 Å². The summed E-state index contributed by atoms with van der Waals surface area (Å²) < 4.78 is 26.8. The highest BCUT2D eigenvalue weighted by Gasteiger charge is 2.28. The van der Waals surface area contributed by atoms with Gasteiger partial charge in [-0.05, 0) is 49.9 Å². The second kappa shape index (κ2) is 10.9. The smallest absolute Gasteiger partial charge is 0.222 e. The van der Waals surface area contributed by atoms with Crippen molar-refractivity contribution < 1.29 is 19.0 Å². The number of aliphatic hydroxyl groups is 1. The average molecular weight is 454 g/mol. The number of benzene rings is 2. The van der Waals surface area contributed by atoms with E-state index in [1.165, 1.54) is 25.0 Å². The zero-order valence-corrected chi connectivity index (χ0v) is 19.3. The van der Waals surface area contributed by atoms with E-state index in [4.69, 9.17) is 14.6 Å². The first-order chi connectivity index (χ1) is 16.0. The van der Waals surface area contributed by atoms with Crippen LogP contribution in [0.25, 0.3) is 11.3 Å². The van der Waals surface area contributed by atoms with Crippen LogP contribution in [0.5, 0.6) is 11.6 Å². The molecule has 1 heterocycles. The number of aryl methyl sites for hydroxylation is 1. The maximum atomic E-state index is 13.4. The molecule has 4 rings (SSSR count). The fourth-order valence-corrected chi connectivity index (χ4v) is 3.96. The van der Waals surface area contributed by atoms with Gasteiger partial charge < -0.3 is 14.6 Å². The van der Waals surface area contributed by atoms with Gasteiger partial charge in [0.15, 0.2) is 0 Å². The second-order valence-electron chi connectivity index (χ2n) is 8.63. The van der Waals surface area contributed by atoms with Crippen LogP contribution in [-0.4, -0.2) is 52.2 Å². The van der Waals surface area contributed by atoms with Crippen molar-refractivity contribution >= 4 is 0 Å². The number of rotatable bonds is 12. The summed E-state index contributed by atoms with van der Waals surface area (Å²) in [6.45, 7) is 4.81. The standard InChI is InChI=1S/C26H32FN3O3/c1-3-32-18-22(31)16-30(15-19-9-10-19)17-24-25(20-7-5-4-6-8-20)28-29(2)26(24)33-23-13-11-21(27)12-14-23/h4-8,11-14,19,22,31H,3,9-10,15-18H2,1-2H3/t22-/m1/s1. The van der Waals surface area contributed by atoms with Crippen LogP contribution in [0.15, 0.2) is 54.6 Å². The zero-order chi connectivity index (χ0) is 23.2. The zero-order valence-electron chi connectivity index (χ0n) is 19.3. The molecule has 1 atom stereocenters. The van der Waals surface area contributed by atoms with Crippen LogP contribution in [0.2, 0.25) is 0 Å². The van der Waals surface area contributed by atoms with Gasteiger partial charge in [-0.3, -0.25) is 4.90 Å². The van der Waals surface area contributed by atoms with Crippen molar-refractivity contribution in [1.29, 1.82) is 0 Å². The third-order valence-corrected chi connectivity index (χ3v) is 5.74. The predicted octanol–water partition coefficient (Wildman–Crippen LogP) is 4.63. The lowest BCUT2D eigenvalue weighted by Crippen LogP contribution is -2.36. The molecular weight excluding hydrogens is 421 g/mol. The van der Waals surface area contributed by atoms with E-state index in [-0.39, 0.29) is 5.82 Å². The molecule has 0 unspecified atom stereocenters. The van der Waals surface area contributed by atoms with Gasteiger partial charge in [-0.25, -0.2) is 9.07 Å². The molecule has 7 heteroatoms. The van der Waals surface area contributed by atoms with E-state index in [1.807, 2.05) is 44.3 Å². The van der Waals surface area contributed by atoms with Crippen molar-refractivity contribution in [2.75, 3.05) is 26.3 Å². The highest BCUT2D eigenvalue weighted by atomic mass is 19.1. The van der Waals surface area contributed by atoms with Gasteiger partial charge in [-0.1, -0.05) is 30.3 Å². The number of ether oxygens (including phenoxy) is 2. The third kappa shape index (κ3) is 6.41. The minimum Gasteiger partial charge on any atom is -0.439 e. The quantitative estimate of drug-likeness (QED) is 0.433. The van der Waals surface area contributed by atoms with E-state index in [2.05, 4.69) is 4.90 Å². The number of hydrogen-bond donors (Lipinski definition) is 1. The Morgan fingerprint density at radius 3 is 2.55 bits per heavy atom. The van der Waals surface area contributed by atoms with E-state index < -0.39 is 6.10 Å². The van der Waals surface area contributed by atoms with E-state index >= 15 is 0 Å².